The molecule has 1 amide bonds. The van der Waals surface area contributed by atoms with Crippen molar-refractivity contribution >= 4 is 23.1 Å². The van der Waals surface area contributed by atoms with Crippen LogP contribution < -0.4 is 15.0 Å². The molecule has 3 aromatic rings. The van der Waals surface area contributed by atoms with E-state index in [1.165, 1.54) is 6.33 Å². The highest BCUT2D eigenvalue weighted by Crippen LogP contribution is 2.44. The van der Waals surface area contributed by atoms with Crippen LogP contribution in [0, 0.1) is 0 Å². The lowest BCUT2D eigenvalue weighted by molar-refractivity contribution is -0.117. The molecular weight excluding hydrogens is 354 g/mol. The van der Waals surface area contributed by atoms with E-state index in [1.807, 2.05) is 42.3 Å². The summed E-state index contributed by atoms with van der Waals surface area (Å²) in [4.78, 5) is 26.4. The molecule has 2 aromatic heterocycles. The van der Waals surface area contributed by atoms with E-state index in [2.05, 4.69) is 20.3 Å². The first kappa shape index (κ1) is 16.7. The monoisotopic (exact) mass is 373 g/mol. The van der Waals surface area contributed by atoms with Crippen LogP contribution in [0.3, 0.4) is 0 Å². The number of carbonyl (C=O) groups is 1. The first-order valence-electron chi connectivity index (χ1n) is 9.32. The Kier molecular flexibility index (Phi) is 3.93. The summed E-state index contributed by atoms with van der Waals surface area (Å²) in [5.74, 6) is 1.68. The summed E-state index contributed by atoms with van der Waals surface area (Å²) in [5.41, 5.74) is 4.77. The molecule has 1 N–H and O–H groups in total. The van der Waals surface area contributed by atoms with Crippen LogP contribution in [0.2, 0.25) is 0 Å². The van der Waals surface area contributed by atoms with Gasteiger partial charge in [0.25, 0.3) is 0 Å². The van der Waals surface area contributed by atoms with Gasteiger partial charge in [-0.05, 0) is 31.5 Å². The van der Waals surface area contributed by atoms with Gasteiger partial charge in [0.05, 0.1) is 18.1 Å². The second-order valence-corrected chi connectivity index (χ2v) is 7.00. The van der Waals surface area contributed by atoms with Crippen molar-refractivity contribution in [3.8, 4) is 16.9 Å². The number of pyridine rings is 1. The van der Waals surface area contributed by atoms with Crippen LogP contribution in [0.15, 0.2) is 49.2 Å². The molecular formula is C21H19N5O2. The standard InChI is InChI=1S/C21H19N5O2/c1-13-17-8-20(25-14-9-22-12-23-10-14)24-11-18(17)16-5-4-15(7-19(16)28-13)26-6-2-3-21(26)27/h4-5,7-13H,2-3,6H2,1H3,(H,24,25)/t13-/m0/s1. The zero-order chi connectivity index (χ0) is 19.1. The van der Waals surface area contributed by atoms with Gasteiger partial charge in [0.1, 0.15) is 24.0 Å². The molecule has 1 atom stereocenters. The first-order valence-corrected chi connectivity index (χ1v) is 9.32. The summed E-state index contributed by atoms with van der Waals surface area (Å²) in [6.07, 6.45) is 8.14. The average Bonchev–Trinajstić information content (AvgIpc) is 3.14. The number of nitrogens with zero attached hydrogens (tertiary/aromatic N) is 4. The van der Waals surface area contributed by atoms with E-state index in [1.54, 1.807) is 12.4 Å². The second kappa shape index (κ2) is 6.60. The highest BCUT2D eigenvalue weighted by molar-refractivity contribution is 5.96. The number of hydrogen-bond acceptors (Lipinski definition) is 6. The maximum atomic E-state index is 12.1. The van der Waals surface area contributed by atoms with Crippen molar-refractivity contribution in [3.05, 3.63) is 54.7 Å². The number of benzene rings is 1. The highest BCUT2D eigenvalue weighted by atomic mass is 16.5. The predicted molar refractivity (Wildman–Crippen MR) is 106 cm³/mol. The number of amides is 1. The molecule has 0 bridgehead atoms. The molecule has 4 heterocycles. The molecule has 7 nitrogen and oxygen atoms in total. The SMILES string of the molecule is C[C@@H]1Oc2cc(N3CCCC3=O)ccc2-c2cnc(Nc3cncnc3)cc21. The maximum Gasteiger partial charge on any atom is 0.227 e. The summed E-state index contributed by atoms with van der Waals surface area (Å²) >= 11 is 0. The van der Waals surface area contributed by atoms with Crippen molar-refractivity contribution in [2.75, 3.05) is 16.8 Å². The molecule has 0 aliphatic carbocycles. The van der Waals surface area contributed by atoms with Gasteiger partial charge in [-0.2, -0.15) is 0 Å². The zero-order valence-electron chi connectivity index (χ0n) is 15.4. The fourth-order valence-corrected chi connectivity index (χ4v) is 3.79. The quantitative estimate of drug-likeness (QED) is 0.751. The van der Waals surface area contributed by atoms with Crippen LogP contribution in [-0.2, 0) is 4.79 Å². The molecule has 0 saturated carbocycles. The molecule has 0 radical (unpaired) electrons. The van der Waals surface area contributed by atoms with E-state index in [0.717, 1.165) is 46.8 Å². The Balaban J connectivity index is 1.49. The summed E-state index contributed by atoms with van der Waals surface area (Å²) in [7, 11) is 0. The van der Waals surface area contributed by atoms with Crippen molar-refractivity contribution in [2.45, 2.75) is 25.9 Å². The predicted octanol–water partition coefficient (Wildman–Crippen LogP) is 3.86. The lowest BCUT2D eigenvalue weighted by Crippen LogP contribution is -2.24. The summed E-state index contributed by atoms with van der Waals surface area (Å²) in [6.45, 7) is 2.79. The number of nitrogens with one attached hydrogen (secondary N) is 1. The molecule has 2 aliphatic rings. The summed E-state index contributed by atoms with van der Waals surface area (Å²) < 4.78 is 6.18. The van der Waals surface area contributed by atoms with Gasteiger partial charge in [-0.25, -0.2) is 15.0 Å². The highest BCUT2D eigenvalue weighted by Gasteiger charge is 2.27. The van der Waals surface area contributed by atoms with Gasteiger partial charge in [0.15, 0.2) is 0 Å². The van der Waals surface area contributed by atoms with Gasteiger partial charge in [-0.3, -0.25) is 4.79 Å². The fourth-order valence-electron chi connectivity index (χ4n) is 3.79. The number of aromatic nitrogens is 3. The van der Waals surface area contributed by atoms with Crippen LogP contribution >= 0.6 is 0 Å². The van der Waals surface area contributed by atoms with Crippen molar-refractivity contribution in [3.63, 3.8) is 0 Å². The maximum absolute atomic E-state index is 12.1. The smallest absolute Gasteiger partial charge is 0.227 e. The Morgan fingerprint density at radius 3 is 2.79 bits per heavy atom. The van der Waals surface area contributed by atoms with E-state index < -0.39 is 0 Å². The van der Waals surface area contributed by atoms with Crippen molar-refractivity contribution < 1.29 is 9.53 Å². The number of carbonyl (C=O) groups excluding carboxylic acids is 1. The Labute approximate surface area is 162 Å². The molecule has 2 aliphatic heterocycles. The Morgan fingerprint density at radius 2 is 2.00 bits per heavy atom. The third-order valence-electron chi connectivity index (χ3n) is 5.15. The van der Waals surface area contributed by atoms with Gasteiger partial charge < -0.3 is 15.0 Å². The van der Waals surface area contributed by atoms with E-state index >= 15 is 0 Å². The number of ether oxygens (including phenoxy) is 1. The average molecular weight is 373 g/mol. The molecule has 7 heteroatoms. The van der Waals surface area contributed by atoms with E-state index in [0.29, 0.717) is 12.2 Å². The van der Waals surface area contributed by atoms with Crippen LogP contribution in [0.1, 0.15) is 31.4 Å². The fraction of sp³-hybridized carbons (Fsp3) is 0.238. The molecule has 0 unspecified atom stereocenters. The van der Waals surface area contributed by atoms with Crippen molar-refractivity contribution in [1.82, 2.24) is 15.0 Å². The molecule has 140 valence electrons. The van der Waals surface area contributed by atoms with Crippen molar-refractivity contribution in [2.24, 2.45) is 0 Å². The van der Waals surface area contributed by atoms with Crippen LogP contribution in [0.4, 0.5) is 17.2 Å². The number of fused-ring (bicyclic) bond motifs is 3. The zero-order valence-corrected chi connectivity index (χ0v) is 15.4. The molecule has 28 heavy (non-hydrogen) atoms. The van der Waals surface area contributed by atoms with Crippen LogP contribution in [-0.4, -0.2) is 27.4 Å². The van der Waals surface area contributed by atoms with Crippen LogP contribution in [0.5, 0.6) is 5.75 Å². The first-order chi connectivity index (χ1) is 13.7. The van der Waals surface area contributed by atoms with E-state index in [4.69, 9.17) is 4.74 Å². The number of hydrogen-bond donors (Lipinski definition) is 1. The van der Waals surface area contributed by atoms with Gasteiger partial charge in [0.2, 0.25) is 5.91 Å². The topological polar surface area (TPSA) is 80.2 Å². The molecule has 1 fully saturated rings. The minimum absolute atomic E-state index is 0.123. The summed E-state index contributed by atoms with van der Waals surface area (Å²) in [5, 5.41) is 3.21. The lowest BCUT2D eigenvalue weighted by Gasteiger charge is -2.28. The number of rotatable bonds is 3. The lowest BCUT2D eigenvalue weighted by atomic mass is 9.94. The minimum Gasteiger partial charge on any atom is -0.485 e. The van der Waals surface area contributed by atoms with Crippen LogP contribution in [0.25, 0.3) is 11.1 Å². The summed E-state index contributed by atoms with van der Waals surface area (Å²) in [6, 6.07) is 7.96. The minimum atomic E-state index is -0.123. The van der Waals surface area contributed by atoms with Gasteiger partial charge >= 0.3 is 0 Å². The second-order valence-electron chi connectivity index (χ2n) is 7.00. The molecule has 1 aromatic carbocycles. The molecule has 0 spiro atoms. The van der Waals surface area contributed by atoms with Gasteiger partial charge in [-0.15, -0.1) is 0 Å². The molecule has 1 saturated heterocycles. The van der Waals surface area contributed by atoms with E-state index in [9.17, 15) is 4.79 Å². The normalized spacial score (nSPS) is 17.7. The number of anilines is 3. The Morgan fingerprint density at radius 1 is 1.14 bits per heavy atom. The van der Waals surface area contributed by atoms with E-state index in [-0.39, 0.29) is 12.0 Å². The van der Waals surface area contributed by atoms with Gasteiger partial charge in [0, 0.05) is 47.6 Å². The third-order valence-corrected chi connectivity index (χ3v) is 5.15. The Bertz CT molecular complexity index is 1050. The molecule has 5 rings (SSSR count). The van der Waals surface area contributed by atoms with Crippen molar-refractivity contribution in [1.29, 1.82) is 0 Å². The largest absolute Gasteiger partial charge is 0.485 e. The third kappa shape index (κ3) is 2.85. The Hall–Kier alpha value is -3.48. The van der Waals surface area contributed by atoms with Gasteiger partial charge in [-0.1, -0.05) is 0 Å².